The molecule has 0 aliphatic carbocycles. The molecule has 1 fully saturated rings. The second-order valence-electron chi connectivity index (χ2n) is 6.32. The van der Waals surface area contributed by atoms with Crippen molar-refractivity contribution in [3.63, 3.8) is 0 Å². The molecule has 6 heteroatoms. The number of hydrogen-bond acceptors (Lipinski definition) is 4. The first-order valence-corrected chi connectivity index (χ1v) is 8.28. The zero-order chi connectivity index (χ0) is 16.7. The topological polar surface area (TPSA) is 74.3 Å². The van der Waals surface area contributed by atoms with Gasteiger partial charge in [-0.25, -0.2) is 0 Å². The van der Waals surface area contributed by atoms with Gasteiger partial charge in [-0.2, -0.15) is 0 Å². The first kappa shape index (κ1) is 17.4. The Kier molecular flexibility index (Phi) is 6.52. The van der Waals surface area contributed by atoms with Crippen molar-refractivity contribution in [3.8, 4) is 0 Å². The number of hydrogen-bond donors (Lipinski definition) is 2. The molecule has 0 aromatic carbocycles. The highest BCUT2D eigenvalue weighted by Gasteiger charge is 2.17. The van der Waals surface area contributed by atoms with Crippen LogP contribution in [0.15, 0.2) is 18.5 Å². The number of rotatable bonds is 5. The van der Waals surface area contributed by atoms with Crippen LogP contribution in [0.2, 0.25) is 0 Å². The molecular weight excluding hydrogens is 292 g/mol. The van der Waals surface area contributed by atoms with E-state index in [1.54, 1.807) is 18.5 Å². The Morgan fingerprint density at radius 2 is 2.00 bits per heavy atom. The fourth-order valence-corrected chi connectivity index (χ4v) is 2.77. The number of aryl methyl sites for hydroxylation is 1. The summed E-state index contributed by atoms with van der Waals surface area (Å²) in [6, 6.07) is 1.79. The minimum atomic E-state index is -0.647. The van der Waals surface area contributed by atoms with E-state index in [1.165, 1.54) is 19.3 Å². The van der Waals surface area contributed by atoms with Crippen LogP contribution in [0.1, 0.15) is 31.7 Å². The van der Waals surface area contributed by atoms with E-state index in [0.717, 1.165) is 25.2 Å². The number of pyridine rings is 1. The molecule has 126 valence electrons. The van der Waals surface area contributed by atoms with Gasteiger partial charge in [-0.15, -0.1) is 0 Å². The first-order valence-electron chi connectivity index (χ1n) is 8.28. The number of carbonyl (C=O) groups excluding carboxylic acids is 2. The Balaban J connectivity index is 1.73. The predicted octanol–water partition coefficient (Wildman–Crippen LogP) is 1.57. The first-order chi connectivity index (χ1) is 11.1. The third kappa shape index (κ3) is 5.63. The molecule has 1 saturated heterocycles. The third-order valence-electron chi connectivity index (χ3n) is 4.12. The van der Waals surface area contributed by atoms with Crippen molar-refractivity contribution < 1.29 is 9.59 Å². The highest BCUT2D eigenvalue weighted by molar-refractivity contribution is 6.39. The van der Waals surface area contributed by atoms with E-state index in [4.69, 9.17) is 0 Å². The molecule has 0 radical (unpaired) electrons. The minimum absolute atomic E-state index is 0.324. The summed E-state index contributed by atoms with van der Waals surface area (Å²) < 4.78 is 0. The van der Waals surface area contributed by atoms with E-state index < -0.39 is 11.8 Å². The van der Waals surface area contributed by atoms with Crippen molar-refractivity contribution in [2.75, 3.05) is 31.5 Å². The molecule has 2 N–H and O–H groups in total. The van der Waals surface area contributed by atoms with E-state index in [9.17, 15) is 9.59 Å². The van der Waals surface area contributed by atoms with Crippen LogP contribution in [0.5, 0.6) is 0 Å². The van der Waals surface area contributed by atoms with Gasteiger partial charge in [0, 0.05) is 19.3 Å². The Morgan fingerprint density at radius 3 is 2.70 bits per heavy atom. The van der Waals surface area contributed by atoms with Gasteiger partial charge in [0.25, 0.3) is 0 Å². The third-order valence-corrected chi connectivity index (χ3v) is 4.12. The second kappa shape index (κ2) is 8.62. The van der Waals surface area contributed by atoms with E-state index in [0.29, 0.717) is 18.2 Å². The number of amides is 2. The Hall–Kier alpha value is -1.95. The van der Waals surface area contributed by atoms with Crippen LogP contribution in [0.4, 0.5) is 5.69 Å². The Morgan fingerprint density at radius 1 is 1.26 bits per heavy atom. The van der Waals surface area contributed by atoms with Gasteiger partial charge in [0.1, 0.15) is 0 Å². The summed E-state index contributed by atoms with van der Waals surface area (Å²) in [6.07, 6.45) is 7.01. The number of anilines is 1. The van der Waals surface area contributed by atoms with Gasteiger partial charge in [-0.3, -0.25) is 14.6 Å². The molecular formula is C17H26N4O2. The second-order valence-corrected chi connectivity index (χ2v) is 6.32. The lowest BCUT2D eigenvalue weighted by Crippen LogP contribution is -2.41. The highest BCUT2D eigenvalue weighted by Crippen LogP contribution is 2.11. The molecule has 0 bridgehead atoms. The number of nitrogens with one attached hydrogen (secondary N) is 2. The van der Waals surface area contributed by atoms with Crippen LogP contribution >= 0.6 is 0 Å². The molecule has 0 unspecified atom stereocenters. The molecule has 1 atom stereocenters. The summed E-state index contributed by atoms with van der Waals surface area (Å²) in [5.74, 6) is -0.921. The zero-order valence-corrected chi connectivity index (χ0v) is 14.0. The van der Waals surface area contributed by atoms with Gasteiger partial charge in [0.05, 0.1) is 11.9 Å². The molecule has 0 saturated carbocycles. The van der Waals surface area contributed by atoms with Crippen LogP contribution in [-0.4, -0.2) is 47.9 Å². The predicted molar refractivity (Wildman–Crippen MR) is 90.1 cm³/mol. The van der Waals surface area contributed by atoms with Gasteiger partial charge in [-0.1, -0.05) is 13.3 Å². The smallest absolute Gasteiger partial charge is 0.313 e. The summed E-state index contributed by atoms with van der Waals surface area (Å²) in [5.41, 5.74) is 1.44. The maximum Gasteiger partial charge on any atom is 0.313 e. The van der Waals surface area contributed by atoms with E-state index >= 15 is 0 Å². The lowest BCUT2D eigenvalue weighted by molar-refractivity contribution is -0.136. The van der Waals surface area contributed by atoms with Crippen molar-refractivity contribution >= 4 is 17.5 Å². The lowest BCUT2D eigenvalue weighted by atomic mass is 10.1. The van der Waals surface area contributed by atoms with Crippen LogP contribution in [0.3, 0.4) is 0 Å². The van der Waals surface area contributed by atoms with Crippen LogP contribution in [-0.2, 0) is 9.59 Å². The lowest BCUT2D eigenvalue weighted by Gasteiger charge is -2.29. The number of piperidine rings is 1. The van der Waals surface area contributed by atoms with Crippen molar-refractivity contribution in [2.45, 2.75) is 33.1 Å². The molecule has 2 heterocycles. The van der Waals surface area contributed by atoms with Crippen LogP contribution in [0.25, 0.3) is 0 Å². The molecule has 1 aliphatic rings. The Bertz CT molecular complexity index is 541. The minimum Gasteiger partial charge on any atom is -0.348 e. The molecule has 2 rings (SSSR count). The maximum atomic E-state index is 11.9. The summed E-state index contributed by atoms with van der Waals surface area (Å²) >= 11 is 0. The Labute approximate surface area is 137 Å². The normalized spacial score (nSPS) is 16.6. The van der Waals surface area contributed by atoms with Gasteiger partial charge in [0.2, 0.25) is 0 Å². The largest absolute Gasteiger partial charge is 0.348 e. The van der Waals surface area contributed by atoms with Crippen LogP contribution in [0, 0.1) is 12.8 Å². The number of likely N-dealkylation sites (tertiary alicyclic amines) is 1. The van der Waals surface area contributed by atoms with Crippen molar-refractivity contribution in [2.24, 2.45) is 5.92 Å². The van der Waals surface area contributed by atoms with Crippen LogP contribution < -0.4 is 10.6 Å². The summed E-state index contributed by atoms with van der Waals surface area (Å²) in [7, 11) is 0. The monoisotopic (exact) mass is 318 g/mol. The average Bonchev–Trinajstić information content (AvgIpc) is 2.55. The summed E-state index contributed by atoms with van der Waals surface area (Å²) in [5, 5.41) is 5.30. The SMILES string of the molecule is Cc1ccncc1NC(=O)C(=O)NC[C@H](C)CN1CCCCC1. The van der Waals surface area contributed by atoms with E-state index in [2.05, 4.69) is 27.4 Å². The standard InChI is InChI=1S/C17H26N4O2/c1-13(12-21-8-4-3-5-9-21)10-19-16(22)17(23)20-15-11-18-7-6-14(15)2/h6-7,11,13H,3-5,8-10,12H2,1-2H3,(H,19,22)(H,20,23)/t13-/m0/s1. The molecule has 1 aliphatic heterocycles. The van der Waals surface area contributed by atoms with E-state index in [-0.39, 0.29) is 0 Å². The summed E-state index contributed by atoms with van der Waals surface area (Å²) in [4.78, 5) is 30.2. The van der Waals surface area contributed by atoms with Gasteiger partial charge < -0.3 is 15.5 Å². The number of carbonyl (C=O) groups is 2. The van der Waals surface area contributed by atoms with Crippen molar-refractivity contribution in [3.05, 3.63) is 24.0 Å². The fourth-order valence-electron chi connectivity index (χ4n) is 2.77. The maximum absolute atomic E-state index is 11.9. The number of nitrogens with zero attached hydrogens (tertiary/aromatic N) is 2. The average molecular weight is 318 g/mol. The summed E-state index contributed by atoms with van der Waals surface area (Å²) in [6.45, 7) is 7.70. The zero-order valence-electron chi connectivity index (χ0n) is 14.0. The molecule has 2 amide bonds. The number of aromatic nitrogens is 1. The van der Waals surface area contributed by atoms with Gasteiger partial charge >= 0.3 is 11.8 Å². The van der Waals surface area contributed by atoms with Gasteiger partial charge in [-0.05, 0) is 50.4 Å². The van der Waals surface area contributed by atoms with Crippen molar-refractivity contribution in [1.82, 2.24) is 15.2 Å². The van der Waals surface area contributed by atoms with Crippen molar-refractivity contribution in [1.29, 1.82) is 0 Å². The van der Waals surface area contributed by atoms with E-state index in [1.807, 2.05) is 6.92 Å². The van der Waals surface area contributed by atoms with Gasteiger partial charge in [0.15, 0.2) is 0 Å². The molecule has 1 aromatic heterocycles. The molecule has 6 nitrogen and oxygen atoms in total. The fraction of sp³-hybridized carbons (Fsp3) is 0.588. The highest BCUT2D eigenvalue weighted by atomic mass is 16.2. The quantitative estimate of drug-likeness (QED) is 0.808. The molecule has 1 aromatic rings. The molecule has 23 heavy (non-hydrogen) atoms. The molecule has 0 spiro atoms.